The van der Waals surface area contributed by atoms with E-state index in [1.165, 1.54) is 4.88 Å². The second kappa shape index (κ2) is 9.25. The van der Waals surface area contributed by atoms with Crippen molar-refractivity contribution in [2.45, 2.75) is 45.6 Å². The molecule has 5 nitrogen and oxygen atoms in total. The molecule has 1 saturated heterocycles. The van der Waals surface area contributed by atoms with E-state index in [-0.39, 0.29) is 30.3 Å². The molecule has 1 atom stereocenters. The van der Waals surface area contributed by atoms with Gasteiger partial charge in [-0.15, -0.1) is 23.7 Å². The van der Waals surface area contributed by atoms with Gasteiger partial charge in [-0.3, -0.25) is 9.59 Å². The van der Waals surface area contributed by atoms with E-state index in [9.17, 15) is 9.59 Å². The first kappa shape index (κ1) is 19.9. The van der Waals surface area contributed by atoms with E-state index in [1.807, 2.05) is 24.8 Å². The molecule has 1 aromatic rings. The Hall–Kier alpha value is -1.11. The third-order valence-corrected chi connectivity index (χ3v) is 5.31. The number of nitrogens with zero attached hydrogens (tertiary/aromatic N) is 1. The molecule has 2 rings (SSSR count). The molecule has 2 heterocycles. The Morgan fingerprint density at radius 1 is 1.39 bits per heavy atom. The number of rotatable bonds is 5. The van der Waals surface area contributed by atoms with Crippen molar-refractivity contribution in [2.75, 3.05) is 19.6 Å². The first-order valence-electron chi connectivity index (χ1n) is 7.87. The number of nitrogens with one attached hydrogen (secondary N) is 1. The number of carbonyl (C=O) groups excluding carboxylic acids is 2. The fourth-order valence-electron chi connectivity index (χ4n) is 2.75. The third kappa shape index (κ3) is 5.19. The number of carbonyl (C=O) groups is 2. The summed E-state index contributed by atoms with van der Waals surface area (Å²) in [5, 5.41) is 2.90. The summed E-state index contributed by atoms with van der Waals surface area (Å²) >= 11 is 1.56. The lowest BCUT2D eigenvalue weighted by Gasteiger charge is -2.35. The summed E-state index contributed by atoms with van der Waals surface area (Å²) in [6.45, 7) is 5.72. The Bertz CT molecular complexity index is 528. The molecule has 3 N–H and O–H groups in total. The van der Waals surface area contributed by atoms with E-state index in [4.69, 9.17) is 5.73 Å². The number of aryl methyl sites for hydroxylation is 2. The lowest BCUT2D eigenvalue weighted by atomic mass is 10.0. The van der Waals surface area contributed by atoms with E-state index in [0.717, 1.165) is 36.2 Å². The van der Waals surface area contributed by atoms with Crippen molar-refractivity contribution in [1.29, 1.82) is 0 Å². The van der Waals surface area contributed by atoms with Gasteiger partial charge in [0.1, 0.15) is 0 Å². The van der Waals surface area contributed by atoms with Crippen molar-refractivity contribution < 1.29 is 9.59 Å². The van der Waals surface area contributed by atoms with Crippen LogP contribution in [0.3, 0.4) is 0 Å². The predicted octanol–water partition coefficient (Wildman–Crippen LogP) is 2.25. The molecule has 23 heavy (non-hydrogen) atoms. The number of halogens is 1. The summed E-state index contributed by atoms with van der Waals surface area (Å²) in [4.78, 5) is 28.3. The van der Waals surface area contributed by atoms with Crippen LogP contribution in [0.1, 0.15) is 45.8 Å². The van der Waals surface area contributed by atoms with Gasteiger partial charge in [-0.05, 0) is 44.7 Å². The summed E-state index contributed by atoms with van der Waals surface area (Å²) in [6.07, 6.45) is 3.41. The summed E-state index contributed by atoms with van der Waals surface area (Å²) in [5.41, 5.74) is 6.55. The predicted molar refractivity (Wildman–Crippen MR) is 96.4 cm³/mol. The highest BCUT2D eigenvalue weighted by Crippen LogP contribution is 2.25. The Labute approximate surface area is 148 Å². The monoisotopic (exact) mass is 359 g/mol. The molecule has 0 aromatic carbocycles. The minimum Gasteiger partial charge on any atom is -0.354 e. The minimum absolute atomic E-state index is 0. The number of hydrogen-bond acceptors (Lipinski definition) is 4. The van der Waals surface area contributed by atoms with Crippen molar-refractivity contribution in [1.82, 2.24) is 10.2 Å². The number of hydrogen-bond donors (Lipinski definition) is 2. The van der Waals surface area contributed by atoms with Crippen LogP contribution in [0.25, 0.3) is 0 Å². The quantitative estimate of drug-likeness (QED) is 0.846. The van der Waals surface area contributed by atoms with Crippen LogP contribution in [0.4, 0.5) is 0 Å². The molecular formula is C16H26ClN3O2S. The molecule has 1 aromatic heterocycles. The summed E-state index contributed by atoms with van der Waals surface area (Å²) in [6, 6.07) is 2.06. The van der Waals surface area contributed by atoms with E-state index >= 15 is 0 Å². The molecule has 0 saturated carbocycles. The van der Waals surface area contributed by atoms with Crippen LogP contribution in [-0.4, -0.2) is 42.4 Å². The number of likely N-dealkylation sites (tertiary alicyclic amines) is 1. The van der Waals surface area contributed by atoms with Crippen molar-refractivity contribution in [3.8, 4) is 0 Å². The Balaban J connectivity index is 0.00000264. The number of thiophene rings is 1. The zero-order valence-electron chi connectivity index (χ0n) is 13.8. The van der Waals surface area contributed by atoms with Crippen molar-refractivity contribution in [2.24, 2.45) is 5.73 Å². The van der Waals surface area contributed by atoms with Crippen LogP contribution >= 0.6 is 23.7 Å². The minimum atomic E-state index is -0.0386. The van der Waals surface area contributed by atoms with Gasteiger partial charge in [0.15, 0.2) is 0 Å². The van der Waals surface area contributed by atoms with Gasteiger partial charge in [0.05, 0.1) is 4.88 Å². The smallest absolute Gasteiger partial charge is 0.264 e. The molecule has 130 valence electrons. The zero-order chi connectivity index (χ0) is 16.1. The summed E-state index contributed by atoms with van der Waals surface area (Å²) in [7, 11) is 0. The van der Waals surface area contributed by atoms with Crippen molar-refractivity contribution in [3.63, 3.8) is 0 Å². The van der Waals surface area contributed by atoms with Gasteiger partial charge >= 0.3 is 0 Å². The van der Waals surface area contributed by atoms with Crippen LogP contribution < -0.4 is 11.1 Å². The maximum absolute atomic E-state index is 12.7. The van der Waals surface area contributed by atoms with Crippen LogP contribution in [0, 0.1) is 13.8 Å². The van der Waals surface area contributed by atoms with Gasteiger partial charge in [0, 0.05) is 37.0 Å². The average Bonchev–Trinajstić information content (AvgIpc) is 2.84. The third-order valence-electron chi connectivity index (χ3n) is 4.17. The van der Waals surface area contributed by atoms with Crippen LogP contribution in [0.5, 0.6) is 0 Å². The zero-order valence-corrected chi connectivity index (χ0v) is 15.4. The van der Waals surface area contributed by atoms with Gasteiger partial charge in [0.2, 0.25) is 5.91 Å². The van der Waals surface area contributed by atoms with Gasteiger partial charge in [0.25, 0.3) is 5.91 Å². The summed E-state index contributed by atoms with van der Waals surface area (Å²) in [5.74, 6) is 0.0576. The SMILES string of the molecule is Cc1cc(C(=O)N2CCCCC2CNC(=O)CCN)sc1C.Cl. The molecule has 0 aliphatic carbocycles. The molecule has 0 bridgehead atoms. The lowest BCUT2D eigenvalue weighted by molar-refractivity contribution is -0.121. The van der Waals surface area contributed by atoms with E-state index in [1.54, 1.807) is 11.3 Å². The van der Waals surface area contributed by atoms with E-state index in [2.05, 4.69) is 5.32 Å². The van der Waals surface area contributed by atoms with Gasteiger partial charge in [-0.1, -0.05) is 0 Å². The van der Waals surface area contributed by atoms with Crippen molar-refractivity contribution >= 4 is 35.6 Å². The van der Waals surface area contributed by atoms with Gasteiger partial charge in [-0.2, -0.15) is 0 Å². The number of amides is 2. The maximum Gasteiger partial charge on any atom is 0.264 e. The normalized spacial score (nSPS) is 17.5. The number of piperidine rings is 1. The number of nitrogens with two attached hydrogens (primary N) is 1. The topological polar surface area (TPSA) is 75.4 Å². The van der Waals surface area contributed by atoms with Gasteiger partial charge in [-0.25, -0.2) is 0 Å². The fourth-order valence-corrected chi connectivity index (χ4v) is 3.74. The molecule has 1 aliphatic heterocycles. The maximum atomic E-state index is 12.7. The average molecular weight is 360 g/mol. The second-order valence-corrected chi connectivity index (χ2v) is 7.10. The highest BCUT2D eigenvalue weighted by Gasteiger charge is 2.28. The first-order chi connectivity index (χ1) is 10.5. The standard InChI is InChI=1S/C16H25N3O2S.ClH/c1-11-9-14(22-12(11)2)16(21)19-8-4-3-5-13(19)10-18-15(20)6-7-17;/h9,13H,3-8,10,17H2,1-2H3,(H,18,20);1H. The lowest BCUT2D eigenvalue weighted by Crippen LogP contribution is -2.49. The molecule has 7 heteroatoms. The van der Waals surface area contributed by atoms with E-state index in [0.29, 0.717) is 19.5 Å². The summed E-state index contributed by atoms with van der Waals surface area (Å²) < 4.78 is 0. The molecule has 1 fully saturated rings. The molecule has 1 aliphatic rings. The highest BCUT2D eigenvalue weighted by atomic mass is 35.5. The first-order valence-corrected chi connectivity index (χ1v) is 8.69. The Morgan fingerprint density at radius 3 is 2.74 bits per heavy atom. The van der Waals surface area contributed by atoms with Crippen LogP contribution in [0.2, 0.25) is 0 Å². The Kier molecular flexibility index (Phi) is 8.02. The molecule has 2 amide bonds. The highest BCUT2D eigenvalue weighted by molar-refractivity contribution is 7.14. The van der Waals surface area contributed by atoms with Gasteiger partial charge < -0.3 is 16.0 Å². The van der Waals surface area contributed by atoms with Crippen molar-refractivity contribution in [3.05, 3.63) is 21.4 Å². The fraction of sp³-hybridized carbons (Fsp3) is 0.625. The largest absolute Gasteiger partial charge is 0.354 e. The second-order valence-electron chi connectivity index (χ2n) is 5.84. The van der Waals surface area contributed by atoms with Crippen LogP contribution in [-0.2, 0) is 4.79 Å². The molecule has 0 radical (unpaired) electrons. The Morgan fingerprint density at radius 2 is 2.13 bits per heavy atom. The molecule has 0 spiro atoms. The molecule has 1 unspecified atom stereocenters. The van der Waals surface area contributed by atoms with Crippen LogP contribution in [0.15, 0.2) is 6.07 Å². The van der Waals surface area contributed by atoms with E-state index < -0.39 is 0 Å². The molecular weight excluding hydrogens is 334 g/mol.